The van der Waals surface area contributed by atoms with Crippen LogP contribution in [0.5, 0.6) is 5.75 Å². The van der Waals surface area contributed by atoms with Gasteiger partial charge in [-0.2, -0.15) is 0 Å². The Morgan fingerprint density at radius 1 is 1.21 bits per heavy atom. The highest BCUT2D eigenvalue weighted by molar-refractivity contribution is 5.70. The number of ether oxygens (including phenoxy) is 1. The topological polar surface area (TPSA) is 46.5 Å². The average molecular weight is 260 g/mol. The summed E-state index contributed by atoms with van der Waals surface area (Å²) in [5, 5.41) is 9.04. The Hall–Kier alpha value is -1.51. The molecule has 3 rings (SSSR count). The first-order valence-electron chi connectivity index (χ1n) is 7.22. The number of carboxylic acid groups (broad SMARTS) is 1. The van der Waals surface area contributed by atoms with E-state index >= 15 is 0 Å². The molecule has 0 bridgehead atoms. The lowest BCUT2D eigenvalue weighted by molar-refractivity contribution is -0.142. The van der Waals surface area contributed by atoms with Gasteiger partial charge in [-0.05, 0) is 61.6 Å². The summed E-state index contributed by atoms with van der Waals surface area (Å²) in [6.45, 7) is 0.829. The van der Waals surface area contributed by atoms with Gasteiger partial charge < -0.3 is 9.84 Å². The number of hydrogen-bond acceptors (Lipinski definition) is 2. The molecule has 1 saturated carbocycles. The molecule has 1 fully saturated rings. The number of hydrogen-bond donors (Lipinski definition) is 1. The maximum atomic E-state index is 11.0. The molecule has 0 radical (unpaired) electrons. The molecular weight excluding hydrogens is 240 g/mol. The molecule has 0 spiro atoms. The first-order chi connectivity index (χ1) is 9.24. The van der Waals surface area contributed by atoms with Crippen molar-refractivity contribution in [1.29, 1.82) is 0 Å². The maximum absolute atomic E-state index is 11.0. The first kappa shape index (κ1) is 12.5. The summed E-state index contributed by atoms with van der Waals surface area (Å²) in [6.07, 6.45) is 5.82. The molecule has 0 atom stereocenters. The Kier molecular flexibility index (Phi) is 3.45. The van der Waals surface area contributed by atoms with Gasteiger partial charge in [0.15, 0.2) is 0 Å². The minimum Gasteiger partial charge on any atom is -0.493 e. The lowest BCUT2D eigenvalue weighted by Crippen LogP contribution is -2.20. The van der Waals surface area contributed by atoms with Crippen LogP contribution in [0.1, 0.15) is 49.1 Å². The van der Waals surface area contributed by atoms with Gasteiger partial charge in [-0.1, -0.05) is 12.1 Å². The second-order valence-electron chi connectivity index (χ2n) is 5.71. The van der Waals surface area contributed by atoms with Crippen LogP contribution in [0.25, 0.3) is 0 Å². The Labute approximate surface area is 113 Å². The largest absolute Gasteiger partial charge is 0.493 e. The number of benzene rings is 1. The molecule has 1 N–H and O–H groups in total. The summed E-state index contributed by atoms with van der Waals surface area (Å²) < 4.78 is 5.64. The summed E-state index contributed by atoms with van der Waals surface area (Å²) in [5.74, 6) is 0.812. The predicted molar refractivity (Wildman–Crippen MR) is 72.6 cm³/mol. The standard InChI is InChI=1S/C16H20O3/c17-16(18)12-5-3-11(4-6-12)13-7-8-15-14(10-13)2-1-9-19-15/h7-8,10-12H,1-6,9H2,(H,17,18). The van der Waals surface area contributed by atoms with Crippen molar-refractivity contribution in [3.05, 3.63) is 29.3 Å². The molecule has 0 aromatic heterocycles. The number of aliphatic carboxylic acids is 1. The molecule has 0 amide bonds. The summed E-state index contributed by atoms with van der Waals surface area (Å²) in [6, 6.07) is 6.53. The Morgan fingerprint density at radius 3 is 2.74 bits per heavy atom. The highest BCUT2D eigenvalue weighted by Crippen LogP contribution is 2.38. The van der Waals surface area contributed by atoms with Gasteiger partial charge in [0.05, 0.1) is 12.5 Å². The van der Waals surface area contributed by atoms with Crippen LogP contribution in [0.15, 0.2) is 18.2 Å². The van der Waals surface area contributed by atoms with E-state index in [1.165, 1.54) is 11.1 Å². The number of aryl methyl sites for hydroxylation is 1. The second-order valence-corrected chi connectivity index (χ2v) is 5.71. The summed E-state index contributed by atoms with van der Waals surface area (Å²) in [7, 11) is 0. The van der Waals surface area contributed by atoms with Crippen molar-refractivity contribution >= 4 is 5.97 Å². The molecule has 102 valence electrons. The Balaban J connectivity index is 1.71. The zero-order valence-electron chi connectivity index (χ0n) is 11.1. The third kappa shape index (κ3) is 2.60. The minimum absolute atomic E-state index is 0.128. The summed E-state index contributed by atoms with van der Waals surface area (Å²) in [5.41, 5.74) is 2.69. The number of fused-ring (bicyclic) bond motifs is 1. The van der Waals surface area contributed by atoms with E-state index in [9.17, 15) is 4.79 Å². The molecule has 1 heterocycles. The van der Waals surface area contributed by atoms with Crippen LogP contribution in [-0.2, 0) is 11.2 Å². The number of carbonyl (C=O) groups is 1. The molecule has 3 heteroatoms. The van der Waals surface area contributed by atoms with Crippen LogP contribution in [0.2, 0.25) is 0 Å². The van der Waals surface area contributed by atoms with E-state index in [-0.39, 0.29) is 5.92 Å². The summed E-state index contributed by atoms with van der Waals surface area (Å²) >= 11 is 0. The third-order valence-corrected chi connectivity index (χ3v) is 4.48. The van der Waals surface area contributed by atoms with E-state index in [1.807, 2.05) is 0 Å². The lowest BCUT2D eigenvalue weighted by Gasteiger charge is -2.27. The normalized spacial score (nSPS) is 26.3. The van der Waals surface area contributed by atoms with E-state index in [0.29, 0.717) is 5.92 Å². The Bertz CT molecular complexity index is 473. The molecule has 1 aromatic rings. The van der Waals surface area contributed by atoms with E-state index in [4.69, 9.17) is 9.84 Å². The van der Waals surface area contributed by atoms with Crippen molar-refractivity contribution in [3.63, 3.8) is 0 Å². The van der Waals surface area contributed by atoms with Crippen molar-refractivity contribution in [2.24, 2.45) is 5.92 Å². The second kappa shape index (κ2) is 5.24. The molecule has 3 nitrogen and oxygen atoms in total. The third-order valence-electron chi connectivity index (χ3n) is 4.48. The van der Waals surface area contributed by atoms with Gasteiger partial charge in [0, 0.05) is 0 Å². The molecule has 0 unspecified atom stereocenters. The van der Waals surface area contributed by atoms with Crippen molar-refractivity contribution in [1.82, 2.24) is 0 Å². The SMILES string of the molecule is O=C(O)C1CCC(c2ccc3c(c2)CCCO3)CC1. The maximum Gasteiger partial charge on any atom is 0.306 e. The van der Waals surface area contributed by atoms with Gasteiger partial charge in [0.25, 0.3) is 0 Å². The zero-order chi connectivity index (χ0) is 13.2. The molecule has 1 aliphatic heterocycles. The highest BCUT2D eigenvalue weighted by atomic mass is 16.5. The molecule has 1 aromatic carbocycles. The summed E-state index contributed by atoms with van der Waals surface area (Å²) in [4.78, 5) is 11.0. The van der Waals surface area contributed by atoms with Gasteiger partial charge in [-0.15, -0.1) is 0 Å². The van der Waals surface area contributed by atoms with Crippen LogP contribution >= 0.6 is 0 Å². The fourth-order valence-electron chi connectivity index (χ4n) is 3.31. The highest BCUT2D eigenvalue weighted by Gasteiger charge is 2.27. The fourth-order valence-corrected chi connectivity index (χ4v) is 3.31. The predicted octanol–water partition coefficient (Wildman–Crippen LogP) is 3.37. The average Bonchev–Trinajstić information content (AvgIpc) is 2.47. The lowest BCUT2D eigenvalue weighted by atomic mass is 9.78. The van der Waals surface area contributed by atoms with E-state index in [0.717, 1.165) is 50.9 Å². The first-order valence-corrected chi connectivity index (χ1v) is 7.22. The number of carboxylic acids is 1. The fraction of sp³-hybridized carbons (Fsp3) is 0.562. The van der Waals surface area contributed by atoms with Gasteiger partial charge in [0.2, 0.25) is 0 Å². The quantitative estimate of drug-likeness (QED) is 0.886. The molecule has 19 heavy (non-hydrogen) atoms. The van der Waals surface area contributed by atoms with E-state index < -0.39 is 5.97 Å². The monoisotopic (exact) mass is 260 g/mol. The van der Waals surface area contributed by atoms with Gasteiger partial charge >= 0.3 is 5.97 Å². The van der Waals surface area contributed by atoms with Crippen LogP contribution in [-0.4, -0.2) is 17.7 Å². The van der Waals surface area contributed by atoms with Crippen LogP contribution < -0.4 is 4.74 Å². The van der Waals surface area contributed by atoms with Crippen LogP contribution in [0.3, 0.4) is 0 Å². The zero-order valence-corrected chi connectivity index (χ0v) is 11.1. The van der Waals surface area contributed by atoms with Crippen LogP contribution in [0, 0.1) is 5.92 Å². The molecular formula is C16H20O3. The van der Waals surface area contributed by atoms with Gasteiger partial charge in [0.1, 0.15) is 5.75 Å². The van der Waals surface area contributed by atoms with Crippen molar-refractivity contribution < 1.29 is 14.6 Å². The Morgan fingerprint density at radius 2 is 2.00 bits per heavy atom. The number of rotatable bonds is 2. The van der Waals surface area contributed by atoms with Gasteiger partial charge in [-0.25, -0.2) is 0 Å². The van der Waals surface area contributed by atoms with Crippen molar-refractivity contribution in [2.45, 2.75) is 44.4 Å². The van der Waals surface area contributed by atoms with Gasteiger partial charge in [-0.3, -0.25) is 4.79 Å². The smallest absolute Gasteiger partial charge is 0.306 e. The molecule has 0 saturated heterocycles. The van der Waals surface area contributed by atoms with E-state index in [1.54, 1.807) is 0 Å². The van der Waals surface area contributed by atoms with E-state index in [2.05, 4.69) is 18.2 Å². The minimum atomic E-state index is -0.628. The van der Waals surface area contributed by atoms with Crippen molar-refractivity contribution in [2.75, 3.05) is 6.61 Å². The van der Waals surface area contributed by atoms with Crippen LogP contribution in [0.4, 0.5) is 0 Å². The molecule has 2 aliphatic rings. The molecule has 1 aliphatic carbocycles. The van der Waals surface area contributed by atoms with Crippen molar-refractivity contribution in [3.8, 4) is 5.75 Å².